The van der Waals surface area contributed by atoms with Crippen molar-refractivity contribution in [1.29, 1.82) is 0 Å². The predicted molar refractivity (Wildman–Crippen MR) is 87.9 cm³/mol. The van der Waals surface area contributed by atoms with Crippen LogP contribution in [-0.2, 0) is 0 Å². The fourth-order valence-corrected chi connectivity index (χ4v) is 3.49. The van der Waals surface area contributed by atoms with E-state index >= 15 is 0 Å². The van der Waals surface area contributed by atoms with E-state index in [9.17, 15) is 0 Å². The highest BCUT2D eigenvalue weighted by Gasteiger charge is 2.15. The minimum atomic E-state index is 0.0525. The van der Waals surface area contributed by atoms with Gasteiger partial charge in [0.15, 0.2) is 0 Å². The normalized spacial score (nSPS) is 12.5. The lowest BCUT2D eigenvalue weighted by Gasteiger charge is -2.15. The average Bonchev–Trinajstić information content (AvgIpc) is 2.31. The average molecular weight is 358 g/mol. The number of alkyl halides is 1. The molecule has 100 valence electrons. The van der Waals surface area contributed by atoms with E-state index < -0.39 is 0 Å². The van der Waals surface area contributed by atoms with Gasteiger partial charge < -0.3 is 0 Å². The molecule has 0 aliphatic rings. The SMILES string of the molecule is Cc1cc(Cl)cc(C(Br)c2cc(C)c(C)cc2Cl)c1. The maximum absolute atomic E-state index is 6.36. The summed E-state index contributed by atoms with van der Waals surface area (Å²) in [5.74, 6) is 0. The molecule has 2 aromatic carbocycles. The fraction of sp³-hybridized carbons (Fsp3) is 0.250. The summed E-state index contributed by atoms with van der Waals surface area (Å²) in [4.78, 5) is 0.0525. The van der Waals surface area contributed by atoms with E-state index in [0.717, 1.165) is 26.7 Å². The molecule has 0 aliphatic heterocycles. The zero-order valence-electron chi connectivity index (χ0n) is 11.1. The lowest BCUT2D eigenvalue weighted by atomic mass is 9.99. The first-order valence-corrected chi connectivity index (χ1v) is 7.73. The van der Waals surface area contributed by atoms with Gasteiger partial charge >= 0.3 is 0 Å². The molecule has 1 unspecified atom stereocenters. The summed E-state index contributed by atoms with van der Waals surface area (Å²) >= 11 is 16.2. The van der Waals surface area contributed by atoms with Gasteiger partial charge in [0, 0.05) is 10.0 Å². The summed E-state index contributed by atoms with van der Waals surface area (Å²) in [7, 11) is 0. The smallest absolute Gasteiger partial charge is 0.0659 e. The molecule has 3 heteroatoms. The molecule has 2 aromatic rings. The Kier molecular flexibility index (Phi) is 4.60. The van der Waals surface area contributed by atoms with Crippen LogP contribution in [0.3, 0.4) is 0 Å². The van der Waals surface area contributed by atoms with Gasteiger partial charge in [0.1, 0.15) is 0 Å². The number of hydrogen-bond donors (Lipinski definition) is 0. The zero-order valence-corrected chi connectivity index (χ0v) is 14.2. The van der Waals surface area contributed by atoms with Gasteiger partial charge in [-0.2, -0.15) is 0 Å². The van der Waals surface area contributed by atoms with Crippen LogP contribution in [-0.4, -0.2) is 0 Å². The van der Waals surface area contributed by atoms with Crippen LogP contribution < -0.4 is 0 Å². The Morgan fingerprint density at radius 2 is 1.53 bits per heavy atom. The van der Waals surface area contributed by atoms with Gasteiger partial charge in [-0.1, -0.05) is 51.3 Å². The van der Waals surface area contributed by atoms with Gasteiger partial charge in [0.25, 0.3) is 0 Å². The highest BCUT2D eigenvalue weighted by atomic mass is 79.9. The number of hydrogen-bond acceptors (Lipinski definition) is 0. The van der Waals surface area contributed by atoms with Crippen molar-refractivity contribution in [3.63, 3.8) is 0 Å². The van der Waals surface area contributed by atoms with Gasteiger partial charge in [-0.25, -0.2) is 0 Å². The Hall–Kier alpha value is -0.500. The minimum Gasteiger partial charge on any atom is -0.0843 e. The van der Waals surface area contributed by atoms with Crippen molar-refractivity contribution < 1.29 is 0 Å². The predicted octanol–water partition coefficient (Wildman–Crippen LogP) is 6.40. The molecule has 0 nitrogen and oxygen atoms in total. The largest absolute Gasteiger partial charge is 0.0843 e. The monoisotopic (exact) mass is 356 g/mol. The number of aryl methyl sites for hydroxylation is 3. The van der Waals surface area contributed by atoms with Crippen molar-refractivity contribution >= 4 is 39.1 Å². The maximum atomic E-state index is 6.36. The molecular formula is C16H15BrCl2. The van der Waals surface area contributed by atoms with Crippen LogP contribution in [0, 0.1) is 20.8 Å². The van der Waals surface area contributed by atoms with Crippen molar-refractivity contribution in [1.82, 2.24) is 0 Å². The molecule has 0 spiro atoms. The maximum Gasteiger partial charge on any atom is 0.0659 e. The fourth-order valence-electron chi connectivity index (χ4n) is 2.09. The van der Waals surface area contributed by atoms with Crippen molar-refractivity contribution in [2.75, 3.05) is 0 Å². The van der Waals surface area contributed by atoms with Gasteiger partial charge in [-0.05, 0) is 66.8 Å². The van der Waals surface area contributed by atoms with E-state index in [1.165, 1.54) is 11.1 Å². The van der Waals surface area contributed by atoms with E-state index in [4.69, 9.17) is 23.2 Å². The topological polar surface area (TPSA) is 0 Å². The molecule has 0 N–H and O–H groups in total. The quantitative estimate of drug-likeness (QED) is 0.545. The van der Waals surface area contributed by atoms with E-state index in [0.29, 0.717) is 0 Å². The highest BCUT2D eigenvalue weighted by Crippen LogP contribution is 2.37. The van der Waals surface area contributed by atoms with Crippen LogP contribution in [0.4, 0.5) is 0 Å². The Labute approximate surface area is 132 Å². The lowest BCUT2D eigenvalue weighted by molar-refractivity contribution is 1.15. The third kappa shape index (κ3) is 3.34. The molecule has 0 saturated heterocycles. The molecule has 0 saturated carbocycles. The summed E-state index contributed by atoms with van der Waals surface area (Å²) < 4.78 is 0. The summed E-state index contributed by atoms with van der Waals surface area (Å²) in [6, 6.07) is 10.2. The molecule has 2 rings (SSSR count). The Bertz CT molecular complexity index is 600. The molecule has 0 heterocycles. The van der Waals surface area contributed by atoms with Crippen LogP contribution in [0.25, 0.3) is 0 Å². The summed E-state index contributed by atoms with van der Waals surface area (Å²) in [6.07, 6.45) is 0. The second kappa shape index (κ2) is 5.87. The highest BCUT2D eigenvalue weighted by molar-refractivity contribution is 9.09. The molecular weight excluding hydrogens is 343 g/mol. The molecule has 0 aromatic heterocycles. The van der Waals surface area contributed by atoms with Crippen LogP contribution in [0.15, 0.2) is 30.3 Å². The molecule has 1 atom stereocenters. The lowest BCUT2D eigenvalue weighted by Crippen LogP contribution is -1.97. The standard InChI is InChI=1S/C16H15BrCl2/c1-9-4-12(8-13(18)5-9)16(17)14-6-10(2)11(3)7-15(14)19/h4-8,16H,1-3H3. The minimum absolute atomic E-state index is 0.0525. The summed E-state index contributed by atoms with van der Waals surface area (Å²) in [6.45, 7) is 6.20. The van der Waals surface area contributed by atoms with Crippen molar-refractivity contribution in [2.24, 2.45) is 0 Å². The van der Waals surface area contributed by atoms with E-state index in [1.54, 1.807) is 0 Å². The first kappa shape index (κ1) is 14.9. The van der Waals surface area contributed by atoms with Crippen molar-refractivity contribution in [3.8, 4) is 0 Å². The number of halogens is 3. The molecule has 0 amide bonds. The number of rotatable bonds is 2. The third-order valence-corrected chi connectivity index (χ3v) is 4.81. The second-order valence-corrected chi connectivity index (χ2v) is 6.64. The van der Waals surface area contributed by atoms with Gasteiger partial charge in [-0.15, -0.1) is 0 Å². The third-order valence-electron chi connectivity index (χ3n) is 3.24. The van der Waals surface area contributed by atoms with E-state index in [1.807, 2.05) is 25.1 Å². The molecule has 0 radical (unpaired) electrons. The Morgan fingerprint density at radius 3 is 2.16 bits per heavy atom. The van der Waals surface area contributed by atoms with Gasteiger partial charge in [0.2, 0.25) is 0 Å². The first-order valence-electron chi connectivity index (χ1n) is 6.06. The number of benzene rings is 2. The summed E-state index contributed by atoms with van der Waals surface area (Å²) in [5.41, 5.74) is 5.78. The Balaban J connectivity index is 2.49. The van der Waals surface area contributed by atoms with E-state index in [2.05, 4.69) is 41.9 Å². The van der Waals surface area contributed by atoms with E-state index in [-0.39, 0.29) is 4.83 Å². The van der Waals surface area contributed by atoms with Crippen molar-refractivity contribution in [2.45, 2.75) is 25.6 Å². The van der Waals surface area contributed by atoms with Crippen LogP contribution in [0.2, 0.25) is 10.0 Å². The molecule has 0 bridgehead atoms. The zero-order chi connectivity index (χ0) is 14.2. The Morgan fingerprint density at radius 1 is 0.895 bits per heavy atom. The van der Waals surface area contributed by atoms with Crippen LogP contribution in [0.5, 0.6) is 0 Å². The summed E-state index contributed by atoms with van der Waals surface area (Å²) in [5, 5.41) is 1.53. The van der Waals surface area contributed by atoms with Gasteiger partial charge in [-0.3, -0.25) is 0 Å². The van der Waals surface area contributed by atoms with Crippen LogP contribution in [0.1, 0.15) is 32.6 Å². The van der Waals surface area contributed by atoms with Gasteiger partial charge in [0.05, 0.1) is 4.83 Å². The van der Waals surface area contributed by atoms with Crippen molar-refractivity contribution in [3.05, 3.63) is 68.2 Å². The first-order chi connectivity index (χ1) is 8.88. The molecule has 0 aliphatic carbocycles. The molecule has 0 fully saturated rings. The van der Waals surface area contributed by atoms with Crippen LogP contribution >= 0.6 is 39.1 Å². The molecule has 19 heavy (non-hydrogen) atoms. The second-order valence-electron chi connectivity index (χ2n) is 4.88.